The molecule has 150 valence electrons. The van der Waals surface area contributed by atoms with Crippen LogP contribution in [-0.4, -0.2) is 18.7 Å². The Hall–Kier alpha value is -3.48. The Morgan fingerprint density at radius 1 is 1.28 bits per heavy atom. The molecule has 0 spiro atoms. The van der Waals surface area contributed by atoms with Gasteiger partial charge in [-0.15, -0.1) is 0 Å². The van der Waals surface area contributed by atoms with E-state index in [9.17, 15) is 10.0 Å². The van der Waals surface area contributed by atoms with Gasteiger partial charge in [0.1, 0.15) is 17.1 Å². The summed E-state index contributed by atoms with van der Waals surface area (Å²) < 4.78 is 12.1. The first-order valence-corrected chi connectivity index (χ1v) is 9.41. The predicted octanol–water partition coefficient (Wildman–Crippen LogP) is 3.91. The molecule has 3 aromatic rings. The molecule has 2 N–H and O–H groups in total. The highest BCUT2D eigenvalue weighted by Crippen LogP contribution is 2.41. The van der Waals surface area contributed by atoms with Crippen molar-refractivity contribution in [2.75, 3.05) is 12.4 Å². The molecule has 7 nitrogen and oxygen atoms in total. The van der Waals surface area contributed by atoms with E-state index >= 15 is 0 Å². The molecule has 2 aromatic carbocycles. The normalized spacial score (nSPS) is 17.1. The number of nitrogens with one attached hydrogen (secondary N) is 2. The van der Waals surface area contributed by atoms with E-state index < -0.39 is 5.60 Å². The van der Waals surface area contributed by atoms with Gasteiger partial charge in [-0.2, -0.15) is 4.73 Å². The molecule has 29 heavy (non-hydrogen) atoms. The smallest absolute Gasteiger partial charge is 0.319 e. The van der Waals surface area contributed by atoms with E-state index in [0.29, 0.717) is 23.6 Å². The van der Waals surface area contributed by atoms with Crippen molar-refractivity contribution in [3.8, 4) is 11.5 Å². The summed E-state index contributed by atoms with van der Waals surface area (Å²) in [4.78, 5) is 12.8. The van der Waals surface area contributed by atoms with Crippen molar-refractivity contribution in [2.24, 2.45) is 0 Å². The number of nitrogens with zero attached hydrogens (tertiary/aromatic N) is 1. The third-order valence-corrected chi connectivity index (χ3v) is 5.03. The number of benzene rings is 2. The van der Waals surface area contributed by atoms with Crippen LogP contribution in [0, 0.1) is 5.21 Å². The Balaban J connectivity index is 1.58. The SMILES string of the molecule is COc1ccc2c(c1)OC(C)(C)CC2NC(=O)Nc1cccc2c[n+]([O-])ccc12. The van der Waals surface area contributed by atoms with E-state index in [2.05, 4.69) is 10.6 Å². The van der Waals surface area contributed by atoms with Crippen molar-refractivity contribution >= 4 is 22.5 Å². The zero-order valence-corrected chi connectivity index (χ0v) is 16.6. The van der Waals surface area contributed by atoms with E-state index in [4.69, 9.17) is 9.47 Å². The van der Waals surface area contributed by atoms with Crippen LogP contribution < -0.4 is 24.8 Å². The Morgan fingerprint density at radius 2 is 2.10 bits per heavy atom. The number of carbonyl (C=O) groups is 1. The number of fused-ring (bicyclic) bond motifs is 2. The van der Waals surface area contributed by atoms with Gasteiger partial charge in [0, 0.05) is 34.9 Å². The summed E-state index contributed by atoms with van der Waals surface area (Å²) >= 11 is 0. The second kappa shape index (κ2) is 7.16. The van der Waals surface area contributed by atoms with E-state index in [1.54, 1.807) is 19.2 Å². The molecule has 0 radical (unpaired) electrons. The first-order valence-electron chi connectivity index (χ1n) is 9.41. The van der Waals surface area contributed by atoms with Gasteiger partial charge in [-0.05, 0) is 38.1 Å². The molecule has 1 atom stereocenters. The van der Waals surface area contributed by atoms with Gasteiger partial charge in [-0.25, -0.2) is 4.79 Å². The number of ether oxygens (including phenoxy) is 2. The quantitative estimate of drug-likeness (QED) is 0.522. The average Bonchev–Trinajstić information content (AvgIpc) is 2.66. The third kappa shape index (κ3) is 3.89. The predicted molar refractivity (Wildman–Crippen MR) is 110 cm³/mol. The minimum atomic E-state index is -0.432. The molecule has 2 heterocycles. The second-order valence-electron chi connectivity index (χ2n) is 7.73. The van der Waals surface area contributed by atoms with Crippen LogP contribution in [0.4, 0.5) is 10.5 Å². The van der Waals surface area contributed by atoms with Crippen molar-refractivity contribution in [1.29, 1.82) is 0 Å². The third-order valence-electron chi connectivity index (χ3n) is 5.03. The highest BCUT2D eigenvalue weighted by molar-refractivity contribution is 6.01. The number of anilines is 1. The summed E-state index contributed by atoms with van der Waals surface area (Å²) in [6.45, 7) is 3.98. The first kappa shape index (κ1) is 18.9. The molecule has 0 saturated heterocycles. The monoisotopic (exact) mass is 393 g/mol. The Labute approximate surface area is 168 Å². The zero-order valence-electron chi connectivity index (χ0n) is 16.6. The van der Waals surface area contributed by atoms with Gasteiger partial charge in [0.25, 0.3) is 0 Å². The summed E-state index contributed by atoms with van der Waals surface area (Å²) in [6.07, 6.45) is 3.52. The van der Waals surface area contributed by atoms with Gasteiger partial charge in [0.15, 0.2) is 12.4 Å². The lowest BCUT2D eigenvalue weighted by Crippen LogP contribution is -2.42. The molecule has 0 bridgehead atoms. The van der Waals surface area contributed by atoms with Gasteiger partial charge in [-0.1, -0.05) is 6.07 Å². The van der Waals surface area contributed by atoms with Crippen molar-refractivity contribution in [3.05, 3.63) is 65.6 Å². The molecule has 1 aliphatic rings. The Kier molecular flexibility index (Phi) is 4.66. The number of pyridine rings is 1. The molecule has 2 amide bonds. The molecule has 0 aliphatic carbocycles. The van der Waals surface area contributed by atoms with Crippen molar-refractivity contribution in [2.45, 2.75) is 31.9 Å². The van der Waals surface area contributed by atoms with Crippen LogP contribution in [0.1, 0.15) is 31.9 Å². The maximum atomic E-state index is 12.8. The number of urea groups is 1. The van der Waals surface area contributed by atoms with Gasteiger partial charge in [0.05, 0.1) is 18.8 Å². The maximum absolute atomic E-state index is 12.8. The number of methoxy groups -OCH3 is 1. The van der Waals surface area contributed by atoms with Crippen LogP contribution in [0.5, 0.6) is 11.5 Å². The van der Waals surface area contributed by atoms with E-state index in [1.807, 2.05) is 44.2 Å². The summed E-state index contributed by atoms with van der Waals surface area (Å²) in [5, 5.41) is 19.0. The van der Waals surface area contributed by atoms with E-state index in [0.717, 1.165) is 21.1 Å². The number of carbonyl (C=O) groups excluding carboxylic acids is 1. The fourth-order valence-corrected chi connectivity index (χ4v) is 3.72. The summed E-state index contributed by atoms with van der Waals surface area (Å²) in [5.41, 5.74) is 1.12. The fraction of sp³-hybridized carbons (Fsp3) is 0.273. The van der Waals surface area contributed by atoms with E-state index in [1.165, 1.54) is 12.4 Å². The molecule has 7 heteroatoms. The van der Waals surface area contributed by atoms with Crippen LogP contribution >= 0.6 is 0 Å². The van der Waals surface area contributed by atoms with Crippen LogP contribution in [0.2, 0.25) is 0 Å². The molecule has 4 rings (SSSR count). The number of amides is 2. The lowest BCUT2D eigenvalue weighted by Gasteiger charge is -2.38. The molecule has 0 fully saturated rings. The van der Waals surface area contributed by atoms with Crippen molar-refractivity contribution in [1.82, 2.24) is 5.32 Å². The number of hydrogen-bond donors (Lipinski definition) is 2. The summed E-state index contributed by atoms with van der Waals surface area (Å²) in [5.74, 6) is 1.41. The van der Waals surface area contributed by atoms with Crippen LogP contribution in [0.15, 0.2) is 54.9 Å². The molecular weight excluding hydrogens is 370 g/mol. The molecule has 1 aliphatic heterocycles. The highest BCUT2D eigenvalue weighted by atomic mass is 16.5. The first-order chi connectivity index (χ1) is 13.8. The Morgan fingerprint density at radius 3 is 2.90 bits per heavy atom. The standard InChI is InChI=1S/C22H23N3O4/c1-22(2)12-19(17-8-7-15(28-3)11-20(17)29-22)24-21(26)23-18-6-4-5-14-13-25(27)10-9-16(14)18/h4-11,13,19H,12H2,1-3H3,(H2,23,24,26). The van der Waals surface area contributed by atoms with Crippen LogP contribution in [-0.2, 0) is 0 Å². The summed E-state index contributed by atoms with van der Waals surface area (Å²) in [6, 6.07) is 12.2. The number of aromatic nitrogens is 1. The summed E-state index contributed by atoms with van der Waals surface area (Å²) in [7, 11) is 1.61. The average molecular weight is 393 g/mol. The largest absolute Gasteiger partial charge is 0.619 e. The van der Waals surface area contributed by atoms with Gasteiger partial charge in [0.2, 0.25) is 0 Å². The van der Waals surface area contributed by atoms with Gasteiger partial charge < -0.3 is 25.3 Å². The van der Waals surface area contributed by atoms with Crippen molar-refractivity contribution in [3.63, 3.8) is 0 Å². The zero-order chi connectivity index (χ0) is 20.6. The molecular formula is C22H23N3O4. The topological polar surface area (TPSA) is 86.5 Å². The molecule has 1 aromatic heterocycles. The maximum Gasteiger partial charge on any atom is 0.319 e. The number of rotatable bonds is 3. The van der Waals surface area contributed by atoms with Crippen LogP contribution in [0.25, 0.3) is 10.8 Å². The fourth-order valence-electron chi connectivity index (χ4n) is 3.72. The highest BCUT2D eigenvalue weighted by Gasteiger charge is 2.34. The van der Waals surface area contributed by atoms with Gasteiger partial charge >= 0.3 is 6.03 Å². The van der Waals surface area contributed by atoms with Gasteiger partial charge in [-0.3, -0.25) is 0 Å². The van der Waals surface area contributed by atoms with Crippen molar-refractivity contribution < 1.29 is 19.0 Å². The lowest BCUT2D eigenvalue weighted by atomic mass is 9.89. The van der Waals surface area contributed by atoms with E-state index in [-0.39, 0.29) is 12.1 Å². The lowest BCUT2D eigenvalue weighted by molar-refractivity contribution is -0.603. The minimum Gasteiger partial charge on any atom is -0.619 e. The molecule has 0 saturated carbocycles. The number of hydrogen-bond acceptors (Lipinski definition) is 4. The Bertz CT molecular complexity index is 1080. The minimum absolute atomic E-state index is 0.210. The molecule has 1 unspecified atom stereocenters. The second-order valence-corrected chi connectivity index (χ2v) is 7.73. The van der Waals surface area contributed by atoms with Crippen LogP contribution in [0.3, 0.4) is 0 Å².